The number of methoxy groups -OCH3 is 1. The quantitative estimate of drug-likeness (QED) is 0.0934. The minimum atomic E-state index is -0.783. The Bertz CT molecular complexity index is 1340. The van der Waals surface area contributed by atoms with Gasteiger partial charge in [0.25, 0.3) is 0 Å². The van der Waals surface area contributed by atoms with Crippen molar-refractivity contribution in [2.75, 3.05) is 19.4 Å². The molecule has 5 nitrogen and oxygen atoms in total. The van der Waals surface area contributed by atoms with Crippen molar-refractivity contribution in [1.29, 1.82) is 0 Å². The molecule has 1 heterocycles. The molecule has 0 unspecified atom stereocenters. The van der Waals surface area contributed by atoms with Crippen molar-refractivity contribution >= 4 is 43.0 Å². The van der Waals surface area contributed by atoms with Gasteiger partial charge in [-0.05, 0) is 48.5 Å². The predicted octanol–water partition coefficient (Wildman–Crippen LogP) is 5.34. The molecular weight excluding hydrogens is 657 g/mol. The van der Waals surface area contributed by atoms with Crippen molar-refractivity contribution in [2.24, 2.45) is 0 Å². The average Bonchev–Trinajstić information content (AvgIpc) is 3.83. The first-order chi connectivity index (χ1) is 20.8. The van der Waals surface area contributed by atoms with Gasteiger partial charge in [0.15, 0.2) is 0 Å². The molecule has 214 valence electrons. The summed E-state index contributed by atoms with van der Waals surface area (Å²) >= 11 is 0. The molecule has 0 saturated carbocycles. The van der Waals surface area contributed by atoms with Crippen LogP contribution in [-0.2, 0) is 24.2 Å². The van der Waals surface area contributed by atoms with Crippen LogP contribution in [0, 0.1) is 0 Å². The van der Waals surface area contributed by atoms with Gasteiger partial charge >= 0.3 is 25.4 Å². The maximum Gasteiger partial charge on any atom is 6.00 e. The SMILES string of the molecule is COC(=O)c1cn[n-]n1.[Ru+6].c1cc[cH-]c1.c1ccc([PH+](CC[PH+](c2ccccc2)c2ccccc2)c2ccccc2)cc1. The summed E-state index contributed by atoms with van der Waals surface area (Å²) in [6, 6.07) is 54.5. The van der Waals surface area contributed by atoms with E-state index in [1.165, 1.54) is 46.8 Å². The Hall–Kier alpha value is -3.68. The fourth-order valence-electron chi connectivity index (χ4n) is 4.42. The zero-order valence-electron chi connectivity index (χ0n) is 23.9. The molecule has 0 aliphatic rings. The molecule has 0 bridgehead atoms. The Labute approximate surface area is 269 Å². The molecule has 43 heavy (non-hydrogen) atoms. The first kappa shape index (κ1) is 33.8. The fourth-order valence-corrected chi connectivity index (χ4v) is 10.6. The number of hydrogen-bond donors (Lipinski definition) is 0. The predicted molar refractivity (Wildman–Crippen MR) is 179 cm³/mol. The minimum absolute atomic E-state index is 0. The van der Waals surface area contributed by atoms with Crippen LogP contribution in [0.5, 0.6) is 0 Å². The van der Waals surface area contributed by atoms with Gasteiger partial charge in [-0.25, -0.2) is 16.9 Å². The zero-order valence-corrected chi connectivity index (χ0v) is 27.7. The van der Waals surface area contributed by atoms with Crippen LogP contribution in [0.2, 0.25) is 0 Å². The van der Waals surface area contributed by atoms with Crippen molar-refractivity contribution in [3.63, 3.8) is 0 Å². The van der Waals surface area contributed by atoms with Gasteiger partial charge < -0.3 is 20.1 Å². The Balaban J connectivity index is 0.000000277. The molecule has 0 saturated heterocycles. The van der Waals surface area contributed by atoms with Gasteiger partial charge in [0.05, 0.1) is 44.2 Å². The van der Waals surface area contributed by atoms with Crippen molar-refractivity contribution in [3.8, 4) is 0 Å². The summed E-state index contributed by atoms with van der Waals surface area (Å²) < 4.78 is 4.31. The van der Waals surface area contributed by atoms with E-state index in [0.717, 1.165) is 0 Å². The molecule has 0 N–H and O–H groups in total. The maximum absolute atomic E-state index is 10.5. The number of carbonyl (C=O) groups excluding carboxylic acids is 1. The largest absolute Gasteiger partial charge is 6.00 e. The van der Waals surface area contributed by atoms with E-state index < -0.39 is 21.8 Å². The maximum atomic E-state index is 10.5. The second kappa shape index (κ2) is 19.5. The number of ether oxygens (including phenoxy) is 1. The number of benzene rings is 4. The molecule has 6 aromatic rings. The topological polar surface area (TPSA) is 66.2 Å². The van der Waals surface area contributed by atoms with Crippen molar-refractivity contribution in [3.05, 3.63) is 164 Å². The molecule has 0 amide bonds. The van der Waals surface area contributed by atoms with Gasteiger partial charge in [0.2, 0.25) is 0 Å². The first-order valence-corrected chi connectivity index (χ1v) is 17.2. The van der Waals surface area contributed by atoms with E-state index in [1.54, 1.807) is 0 Å². The van der Waals surface area contributed by atoms with Crippen LogP contribution in [0.1, 0.15) is 10.5 Å². The second-order valence-electron chi connectivity index (χ2n) is 9.19. The van der Waals surface area contributed by atoms with Crippen molar-refractivity contribution in [2.45, 2.75) is 0 Å². The van der Waals surface area contributed by atoms with Crippen molar-refractivity contribution in [1.82, 2.24) is 15.4 Å². The van der Waals surface area contributed by atoms with Crippen LogP contribution < -0.4 is 26.4 Å². The number of carbonyl (C=O) groups is 1. The van der Waals surface area contributed by atoms with Gasteiger partial charge in [-0.2, -0.15) is 18.2 Å². The van der Waals surface area contributed by atoms with Gasteiger partial charge in [-0.1, -0.05) is 72.8 Å². The molecule has 0 radical (unpaired) electrons. The standard InChI is InChI=1S/C26H24P2.C5H5.C4H5N3O2.Ru/c1-5-13-23(14-6-1)27(24-15-7-2-8-16-24)21-22-28(25-17-9-3-10-18-25)26-19-11-4-12-20-26;1-2-4-5-3-1;1-9-4(8)3-2-5-7-6-3;/h1-20H,21-22H2;1-5H;2H,1H3,(H,5,6,7,8);/q;-1;;+6/p+1. The van der Waals surface area contributed by atoms with E-state index in [1.807, 2.05) is 30.3 Å². The van der Waals surface area contributed by atoms with Crippen molar-refractivity contribution < 1.29 is 29.0 Å². The molecule has 6 rings (SSSR count). The van der Waals surface area contributed by atoms with Crippen LogP contribution >= 0.6 is 15.8 Å². The Kier molecular flexibility index (Phi) is 15.3. The number of rotatable bonds is 8. The van der Waals surface area contributed by atoms with Crippen LogP contribution in [0.25, 0.3) is 0 Å². The van der Waals surface area contributed by atoms with E-state index >= 15 is 0 Å². The minimum Gasteiger partial charge on any atom is -0.492 e. The summed E-state index contributed by atoms with van der Waals surface area (Å²) in [4.78, 5) is 10.5. The number of esters is 1. The molecule has 0 fully saturated rings. The zero-order chi connectivity index (χ0) is 29.2. The van der Waals surface area contributed by atoms with E-state index in [2.05, 4.69) is 141 Å². The average molecular weight is 693 g/mol. The third-order valence-corrected chi connectivity index (χ3v) is 12.6. The number of nitrogens with zero attached hydrogens (tertiary/aromatic N) is 3. The normalized spacial score (nSPS) is 10.0. The molecule has 0 aliphatic carbocycles. The van der Waals surface area contributed by atoms with Crippen LogP contribution in [-0.4, -0.2) is 35.6 Å². The summed E-state index contributed by atoms with van der Waals surface area (Å²) in [6.45, 7) is 0. The molecule has 8 heteroatoms. The summed E-state index contributed by atoms with van der Waals surface area (Å²) in [7, 11) is -0.292. The fraction of sp³-hybridized carbons (Fsp3) is 0.0857. The Morgan fingerprint density at radius 1 is 0.651 bits per heavy atom. The summed E-state index contributed by atoms with van der Waals surface area (Å²) in [5.41, 5.74) is 0.137. The second-order valence-corrected chi connectivity index (χ2v) is 14.4. The van der Waals surface area contributed by atoms with Gasteiger partial charge in [-0.3, -0.25) is 0 Å². The summed E-state index contributed by atoms with van der Waals surface area (Å²) in [6.07, 6.45) is 3.76. The number of hydrogen-bond acceptors (Lipinski definition) is 4. The van der Waals surface area contributed by atoms with E-state index in [-0.39, 0.29) is 25.2 Å². The van der Waals surface area contributed by atoms with Gasteiger partial charge in [0.1, 0.15) is 18.0 Å². The number of aromatic nitrogens is 3. The van der Waals surface area contributed by atoms with Crippen LogP contribution in [0.4, 0.5) is 0 Å². The van der Waals surface area contributed by atoms with Gasteiger partial charge in [-0.15, -0.1) is 0 Å². The molecular formula is C35H35N3O2P2Ru+6. The van der Waals surface area contributed by atoms with E-state index in [9.17, 15) is 4.79 Å². The first-order valence-electron chi connectivity index (χ1n) is 13.8. The smallest absolute Gasteiger partial charge is 0.492 e. The summed E-state index contributed by atoms with van der Waals surface area (Å²) in [5.74, 6) is -0.514. The molecule has 5 aromatic carbocycles. The molecule has 0 aliphatic heterocycles. The Morgan fingerprint density at radius 3 is 1.28 bits per heavy atom. The van der Waals surface area contributed by atoms with E-state index in [0.29, 0.717) is 0 Å². The third kappa shape index (κ3) is 11.2. The molecule has 1 aromatic heterocycles. The monoisotopic (exact) mass is 693 g/mol. The third-order valence-electron chi connectivity index (χ3n) is 6.45. The molecule has 0 spiro atoms. The molecule has 0 atom stereocenters. The van der Waals surface area contributed by atoms with Crippen LogP contribution in [0.15, 0.2) is 158 Å². The Morgan fingerprint density at radius 2 is 1.02 bits per heavy atom. The van der Waals surface area contributed by atoms with Crippen LogP contribution in [0.3, 0.4) is 0 Å². The van der Waals surface area contributed by atoms with E-state index in [4.69, 9.17) is 0 Å². The summed E-state index contributed by atoms with van der Waals surface area (Å²) in [5, 5.41) is 15.9. The van der Waals surface area contributed by atoms with Gasteiger partial charge in [0, 0.05) is 6.20 Å².